The molecule has 3 rings (SSSR count). The van der Waals surface area contributed by atoms with Crippen molar-refractivity contribution in [1.82, 2.24) is 14.5 Å². The highest BCUT2D eigenvalue weighted by Gasteiger charge is 2.55. The van der Waals surface area contributed by atoms with Gasteiger partial charge in [-0.05, 0) is 19.9 Å². The van der Waals surface area contributed by atoms with Crippen LogP contribution < -0.4 is 5.56 Å². The Morgan fingerprint density at radius 1 is 1.65 bits per heavy atom. The van der Waals surface area contributed by atoms with E-state index >= 15 is 0 Å². The molecule has 0 aromatic carbocycles. The van der Waals surface area contributed by atoms with E-state index in [9.17, 15) is 20.1 Å². The molecule has 1 saturated heterocycles. The summed E-state index contributed by atoms with van der Waals surface area (Å²) in [6.45, 7) is 0.0978. The standard InChI is InChI=1S/C15H17N3O5/c1-3-5-15(22)11(20)10(7-19)23-14(15)18-6-4-9-12(18)16-8(2)17-13(9)21/h4,6,10-11,14,19-20,22H,7H2,1-2H3,(H,16,17,21)/t10-,11+,14-,15?/m1/s1/i7D2. The number of nitrogens with zero attached hydrogens (tertiary/aromatic N) is 2. The monoisotopic (exact) mass is 321 g/mol. The minimum atomic E-state index is -2.92. The van der Waals surface area contributed by atoms with Crippen LogP contribution in [0.1, 0.15) is 21.7 Å². The number of aromatic nitrogens is 3. The van der Waals surface area contributed by atoms with Gasteiger partial charge in [0.2, 0.25) is 0 Å². The number of H-pyrrole nitrogens is 1. The highest BCUT2D eigenvalue weighted by atomic mass is 16.6. The van der Waals surface area contributed by atoms with E-state index in [0.29, 0.717) is 5.82 Å². The third-order valence-corrected chi connectivity index (χ3v) is 3.79. The van der Waals surface area contributed by atoms with Crippen molar-refractivity contribution < 1.29 is 22.8 Å². The van der Waals surface area contributed by atoms with Gasteiger partial charge >= 0.3 is 0 Å². The summed E-state index contributed by atoms with van der Waals surface area (Å²) < 4.78 is 21.5. The lowest BCUT2D eigenvalue weighted by atomic mass is 9.94. The van der Waals surface area contributed by atoms with Gasteiger partial charge in [-0.3, -0.25) is 4.79 Å². The Kier molecular flexibility index (Phi) is 3.16. The molecule has 0 aliphatic carbocycles. The molecule has 3 heterocycles. The zero-order valence-corrected chi connectivity index (χ0v) is 12.4. The quantitative estimate of drug-likeness (QED) is 0.529. The minimum absolute atomic E-state index is 0.175. The molecule has 1 unspecified atom stereocenters. The van der Waals surface area contributed by atoms with Gasteiger partial charge < -0.3 is 29.6 Å². The second-order valence-corrected chi connectivity index (χ2v) is 5.29. The third kappa shape index (κ3) is 2.26. The van der Waals surface area contributed by atoms with Gasteiger partial charge in [-0.25, -0.2) is 4.98 Å². The number of aryl methyl sites for hydroxylation is 1. The Labute approximate surface area is 134 Å². The number of aliphatic hydroxyl groups is 3. The molecule has 4 atom stereocenters. The average Bonchev–Trinajstić information content (AvgIpc) is 3.00. The first-order chi connectivity index (χ1) is 11.6. The molecule has 2 aromatic heterocycles. The number of ether oxygens (including phenoxy) is 1. The summed E-state index contributed by atoms with van der Waals surface area (Å²) in [6, 6.07) is 1.46. The minimum Gasteiger partial charge on any atom is -0.394 e. The van der Waals surface area contributed by atoms with Crippen molar-refractivity contribution in [3.63, 3.8) is 0 Å². The maximum absolute atomic E-state index is 12.0. The highest BCUT2D eigenvalue weighted by molar-refractivity contribution is 5.75. The smallest absolute Gasteiger partial charge is 0.260 e. The lowest BCUT2D eigenvalue weighted by molar-refractivity contribution is -0.0719. The number of nitrogens with one attached hydrogen (secondary N) is 1. The normalized spacial score (nSPS) is 32.3. The van der Waals surface area contributed by atoms with Crippen LogP contribution >= 0.6 is 0 Å². The maximum Gasteiger partial charge on any atom is 0.260 e. The van der Waals surface area contributed by atoms with E-state index < -0.39 is 30.6 Å². The van der Waals surface area contributed by atoms with E-state index in [1.165, 1.54) is 23.8 Å². The molecule has 0 amide bonds. The molecule has 0 saturated carbocycles. The predicted molar refractivity (Wildman–Crippen MR) is 80.5 cm³/mol. The van der Waals surface area contributed by atoms with Gasteiger partial charge in [0.15, 0.2) is 11.8 Å². The molecule has 122 valence electrons. The Balaban J connectivity index is 2.21. The Morgan fingerprint density at radius 2 is 2.39 bits per heavy atom. The third-order valence-electron chi connectivity index (χ3n) is 3.79. The fraction of sp³-hybridized carbons (Fsp3) is 0.467. The fourth-order valence-corrected chi connectivity index (χ4v) is 2.75. The number of aliphatic hydroxyl groups excluding tert-OH is 1. The summed E-state index contributed by atoms with van der Waals surface area (Å²) >= 11 is 0. The van der Waals surface area contributed by atoms with E-state index in [2.05, 4.69) is 21.8 Å². The maximum atomic E-state index is 12.0. The zero-order valence-electron chi connectivity index (χ0n) is 14.4. The van der Waals surface area contributed by atoms with Crippen molar-refractivity contribution in [1.29, 1.82) is 0 Å². The molecule has 0 spiro atoms. The first-order valence-corrected chi connectivity index (χ1v) is 6.89. The van der Waals surface area contributed by atoms with Crippen LogP contribution in [0.4, 0.5) is 0 Å². The SMILES string of the molecule is [2H]C([2H])(O)[C@H]1O[C@@H](n2ccc3c(=O)[nH]c(C)nc32)C(O)(C#CC)[C@H]1O. The predicted octanol–water partition coefficient (Wildman–Crippen LogP) is -0.962. The number of hydrogen-bond acceptors (Lipinski definition) is 6. The molecule has 0 radical (unpaired) electrons. The summed E-state index contributed by atoms with van der Waals surface area (Å²) in [7, 11) is 0. The van der Waals surface area contributed by atoms with Gasteiger partial charge in [0.25, 0.3) is 5.56 Å². The van der Waals surface area contributed by atoms with E-state index in [1.54, 1.807) is 6.92 Å². The van der Waals surface area contributed by atoms with Gasteiger partial charge in [-0.15, -0.1) is 5.92 Å². The molecular formula is C15H17N3O5. The number of hydrogen-bond donors (Lipinski definition) is 4. The summed E-state index contributed by atoms with van der Waals surface area (Å²) in [5, 5.41) is 31.1. The van der Waals surface area contributed by atoms with Crippen LogP contribution in [0.25, 0.3) is 11.0 Å². The summed E-state index contributed by atoms with van der Waals surface area (Å²) in [4.78, 5) is 18.8. The first-order valence-electron chi connectivity index (χ1n) is 7.89. The molecule has 1 aliphatic rings. The Hall–Kier alpha value is -2.18. The summed E-state index contributed by atoms with van der Waals surface area (Å²) in [6.07, 6.45) is -3.54. The molecule has 23 heavy (non-hydrogen) atoms. The van der Waals surface area contributed by atoms with Gasteiger partial charge in [0, 0.05) is 6.20 Å². The van der Waals surface area contributed by atoms with Crippen LogP contribution in [-0.4, -0.2) is 54.2 Å². The van der Waals surface area contributed by atoms with Crippen LogP contribution in [0.2, 0.25) is 0 Å². The summed E-state index contributed by atoms with van der Waals surface area (Å²) in [5.74, 6) is 5.22. The van der Waals surface area contributed by atoms with Gasteiger partial charge in [-0.1, -0.05) is 5.92 Å². The number of fused-ring (bicyclic) bond motifs is 1. The number of rotatable bonds is 2. The lowest BCUT2D eigenvalue weighted by Crippen LogP contribution is -2.45. The van der Waals surface area contributed by atoms with Crippen molar-refractivity contribution in [2.45, 2.75) is 37.9 Å². The zero-order chi connectivity index (χ0) is 18.6. The van der Waals surface area contributed by atoms with Crippen LogP contribution in [0, 0.1) is 18.8 Å². The van der Waals surface area contributed by atoms with Crippen molar-refractivity contribution in [3.8, 4) is 11.8 Å². The van der Waals surface area contributed by atoms with Crippen LogP contribution in [0.3, 0.4) is 0 Å². The summed E-state index contributed by atoms with van der Waals surface area (Å²) in [5.41, 5.74) is -2.42. The largest absolute Gasteiger partial charge is 0.394 e. The van der Waals surface area contributed by atoms with Crippen LogP contribution in [0.15, 0.2) is 17.1 Å². The van der Waals surface area contributed by atoms with E-state index in [0.717, 1.165) is 0 Å². The molecule has 1 aliphatic heterocycles. The second kappa shape index (κ2) is 5.47. The van der Waals surface area contributed by atoms with E-state index in [-0.39, 0.29) is 16.6 Å². The van der Waals surface area contributed by atoms with Crippen LogP contribution in [-0.2, 0) is 4.74 Å². The van der Waals surface area contributed by atoms with Crippen molar-refractivity contribution >= 4 is 11.0 Å². The molecule has 1 fully saturated rings. The van der Waals surface area contributed by atoms with Crippen molar-refractivity contribution in [2.24, 2.45) is 0 Å². The molecule has 2 aromatic rings. The molecular weight excluding hydrogens is 302 g/mol. The lowest BCUT2D eigenvalue weighted by Gasteiger charge is -2.26. The fourth-order valence-electron chi connectivity index (χ4n) is 2.75. The highest BCUT2D eigenvalue weighted by Crippen LogP contribution is 2.39. The van der Waals surface area contributed by atoms with Gasteiger partial charge in [0.05, 0.1) is 14.7 Å². The average molecular weight is 321 g/mol. The van der Waals surface area contributed by atoms with Gasteiger partial charge in [-0.2, -0.15) is 0 Å². The van der Waals surface area contributed by atoms with Gasteiger partial charge in [0.1, 0.15) is 23.7 Å². The Bertz CT molecular complexity index is 939. The number of aromatic amines is 1. The molecule has 8 heteroatoms. The topological polar surface area (TPSA) is 121 Å². The second-order valence-electron chi connectivity index (χ2n) is 5.29. The van der Waals surface area contributed by atoms with E-state index in [4.69, 9.17) is 7.48 Å². The van der Waals surface area contributed by atoms with Crippen molar-refractivity contribution in [2.75, 3.05) is 6.56 Å². The van der Waals surface area contributed by atoms with Crippen molar-refractivity contribution in [3.05, 3.63) is 28.4 Å². The molecule has 4 N–H and O–H groups in total. The van der Waals surface area contributed by atoms with E-state index in [1.807, 2.05) is 0 Å². The Morgan fingerprint density at radius 3 is 3.04 bits per heavy atom. The van der Waals surface area contributed by atoms with Crippen LogP contribution in [0.5, 0.6) is 0 Å². The first kappa shape index (κ1) is 13.3. The molecule has 8 nitrogen and oxygen atoms in total. The molecule has 0 bridgehead atoms.